The number of anilines is 1. The molecule has 1 rings (SSSR count). The predicted molar refractivity (Wildman–Crippen MR) is 83.5 cm³/mol. The van der Waals surface area contributed by atoms with E-state index in [1.54, 1.807) is 13.0 Å². The summed E-state index contributed by atoms with van der Waals surface area (Å²) in [5.74, 6) is -0.0221. The molecule has 7 heteroatoms. The zero-order chi connectivity index (χ0) is 16.2. The summed E-state index contributed by atoms with van der Waals surface area (Å²) in [6.45, 7) is 5.69. The largest absolute Gasteiger partial charge is 0.327 e. The van der Waals surface area contributed by atoms with E-state index in [4.69, 9.17) is 5.73 Å². The van der Waals surface area contributed by atoms with Gasteiger partial charge in [0.25, 0.3) is 0 Å². The third kappa shape index (κ3) is 4.80. The van der Waals surface area contributed by atoms with Crippen molar-refractivity contribution in [2.75, 3.05) is 12.4 Å². The molecule has 0 radical (unpaired) electrons. The number of hydrogen-bond donors (Lipinski definition) is 3. The molecule has 0 aliphatic rings. The SMILES string of the molecule is CNS(=O)(=O)c1ccc(C)c(NC(=O)CC(N)C(C)C)c1. The molecule has 0 fully saturated rings. The van der Waals surface area contributed by atoms with Crippen LogP contribution < -0.4 is 15.8 Å². The molecule has 1 unspecified atom stereocenters. The van der Waals surface area contributed by atoms with E-state index in [-0.39, 0.29) is 29.2 Å². The average molecular weight is 313 g/mol. The van der Waals surface area contributed by atoms with Gasteiger partial charge in [-0.25, -0.2) is 13.1 Å². The molecule has 0 aliphatic heterocycles. The van der Waals surface area contributed by atoms with Crippen LogP contribution in [0.15, 0.2) is 23.1 Å². The summed E-state index contributed by atoms with van der Waals surface area (Å²) in [4.78, 5) is 12.1. The Morgan fingerprint density at radius 3 is 2.48 bits per heavy atom. The third-order valence-electron chi connectivity index (χ3n) is 3.34. The van der Waals surface area contributed by atoms with Gasteiger partial charge in [-0.1, -0.05) is 19.9 Å². The molecule has 1 amide bonds. The first kappa shape index (κ1) is 17.6. The minimum Gasteiger partial charge on any atom is -0.327 e. The Kier molecular flexibility index (Phi) is 5.88. The first-order chi connectivity index (χ1) is 9.67. The van der Waals surface area contributed by atoms with E-state index < -0.39 is 10.0 Å². The highest BCUT2D eigenvalue weighted by Crippen LogP contribution is 2.20. The summed E-state index contributed by atoms with van der Waals surface area (Å²) in [7, 11) is -2.19. The van der Waals surface area contributed by atoms with Crippen molar-refractivity contribution in [3.05, 3.63) is 23.8 Å². The van der Waals surface area contributed by atoms with Gasteiger partial charge in [0.05, 0.1) is 4.90 Å². The smallest absolute Gasteiger partial charge is 0.240 e. The molecule has 1 atom stereocenters. The fraction of sp³-hybridized carbons (Fsp3) is 0.500. The Hall–Kier alpha value is -1.44. The van der Waals surface area contributed by atoms with Gasteiger partial charge >= 0.3 is 0 Å². The van der Waals surface area contributed by atoms with E-state index in [1.807, 2.05) is 13.8 Å². The van der Waals surface area contributed by atoms with Gasteiger partial charge in [-0.3, -0.25) is 4.79 Å². The van der Waals surface area contributed by atoms with Crippen LogP contribution in [0.3, 0.4) is 0 Å². The number of carbonyl (C=O) groups is 1. The maximum atomic E-state index is 12.0. The molecule has 0 saturated carbocycles. The molecule has 1 aromatic rings. The first-order valence-electron chi connectivity index (χ1n) is 6.77. The maximum Gasteiger partial charge on any atom is 0.240 e. The Morgan fingerprint density at radius 1 is 1.33 bits per heavy atom. The molecule has 21 heavy (non-hydrogen) atoms. The van der Waals surface area contributed by atoms with E-state index in [9.17, 15) is 13.2 Å². The van der Waals surface area contributed by atoms with Crippen molar-refractivity contribution >= 4 is 21.6 Å². The summed E-state index contributed by atoms with van der Waals surface area (Å²) >= 11 is 0. The number of nitrogens with two attached hydrogens (primary N) is 1. The second kappa shape index (κ2) is 7.02. The van der Waals surface area contributed by atoms with E-state index in [2.05, 4.69) is 10.0 Å². The number of rotatable bonds is 6. The van der Waals surface area contributed by atoms with Crippen LogP contribution in [-0.4, -0.2) is 27.4 Å². The van der Waals surface area contributed by atoms with Crippen molar-refractivity contribution in [1.82, 2.24) is 4.72 Å². The van der Waals surface area contributed by atoms with Crippen LogP contribution in [0, 0.1) is 12.8 Å². The van der Waals surface area contributed by atoms with Gasteiger partial charge in [-0.15, -0.1) is 0 Å². The average Bonchev–Trinajstić information content (AvgIpc) is 2.40. The van der Waals surface area contributed by atoms with Crippen LogP contribution in [0.5, 0.6) is 0 Å². The molecule has 0 aliphatic carbocycles. The molecule has 0 bridgehead atoms. The third-order valence-corrected chi connectivity index (χ3v) is 4.75. The lowest BCUT2D eigenvalue weighted by Gasteiger charge is -2.16. The standard InChI is InChI=1S/C14H23N3O3S/c1-9(2)12(15)8-14(18)17-13-7-11(6-5-10(13)3)21(19,20)16-4/h5-7,9,12,16H,8,15H2,1-4H3,(H,17,18). The molecule has 0 spiro atoms. The highest BCUT2D eigenvalue weighted by molar-refractivity contribution is 7.89. The molecular formula is C14H23N3O3S. The van der Waals surface area contributed by atoms with Crippen molar-refractivity contribution in [3.63, 3.8) is 0 Å². The fourth-order valence-electron chi connectivity index (χ4n) is 1.67. The van der Waals surface area contributed by atoms with Crippen LogP contribution in [0.4, 0.5) is 5.69 Å². The molecular weight excluding hydrogens is 290 g/mol. The second-order valence-electron chi connectivity index (χ2n) is 5.34. The number of hydrogen-bond acceptors (Lipinski definition) is 4. The first-order valence-corrected chi connectivity index (χ1v) is 8.25. The summed E-state index contributed by atoms with van der Waals surface area (Å²) in [6.07, 6.45) is 0.195. The van der Waals surface area contributed by atoms with Crippen molar-refractivity contribution in [2.45, 2.75) is 38.1 Å². The maximum absolute atomic E-state index is 12.0. The van der Waals surface area contributed by atoms with Crippen LogP contribution in [0.25, 0.3) is 0 Å². The van der Waals surface area contributed by atoms with Crippen molar-refractivity contribution in [1.29, 1.82) is 0 Å². The summed E-state index contributed by atoms with van der Waals surface area (Å²) in [5, 5.41) is 2.72. The second-order valence-corrected chi connectivity index (χ2v) is 7.23. The molecule has 118 valence electrons. The lowest BCUT2D eigenvalue weighted by atomic mass is 10.0. The van der Waals surface area contributed by atoms with E-state index in [1.165, 1.54) is 19.2 Å². The van der Waals surface area contributed by atoms with E-state index in [0.717, 1.165) is 5.56 Å². The number of carbonyl (C=O) groups excluding carboxylic acids is 1. The van der Waals surface area contributed by atoms with Gasteiger partial charge in [-0.05, 0) is 37.6 Å². The highest BCUT2D eigenvalue weighted by Gasteiger charge is 2.16. The monoisotopic (exact) mass is 313 g/mol. The lowest BCUT2D eigenvalue weighted by Crippen LogP contribution is -2.31. The molecule has 4 N–H and O–H groups in total. The molecule has 0 saturated heterocycles. The lowest BCUT2D eigenvalue weighted by molar-refractivity contribution is -0.116. The van der Waals surface area contributed by atoms with Gasteiger partial charge in [0, 0.05) is 18.2 Å². The number of amides is 1. The Balaban J connectivity index is 2.93. The predicted octanol–water partition coefficient (Wildman–Crippen LogP) is 1.22. The number of sulfonamides is 1. The summed E-state index contributed by atoms with van der Waals surface area (Å²) < 4.78 is 25.8. The van der Waals surface area contributed by atoms with Gasteiger partial charge < -0.3 is 11.1 Å². The Labute approximate surface area is 126 Å². The zero-order valence-electron chi connectivity index (χ0n) is 12.8. The summed E-state index contributed by atoms with van der Waals surface area (Å²) in [5.41, 5.74) is 7.13. The van der Waals surface area contributed by atoms with Crippen molar-refractivity contribution in [2.24, 2.45) is 11.7 Å². The molecule has 1 aromatic carbocycles. The molecule has 6 nitrogen and oxygen atoms in total. The van der Waals surface area contributed by atoms with E-state index >= 15 is 0 Å². The van der Waals surface area contributed by atoms with Crippen LogP contribution in [0.1, 0.15) is 25.8 Å². The van der Waals surface area contributed by atoms with E-state index in [0.29, 0.717) is 5.69 Å². The Bertz CT molecular complexity index is 612. The van der Waals surface area contributed by atoms with Gasteiger partial charge in [0.15, 0.2) is 0 Å². The highest BCUT2D eigenvalue weighted by atomic mass is 32.2. The van der Waals surface area contributed by atoms with Crippen LogP contribution in [0.2, 0.25) is 0 Å². The van der Waals surface area contributed by atoms with Crippen molar-refractivity contribution in [3.8, 4) is 0 Å². The van der Waals surface area contributed by atoms with Gasteiger partial charge in [0.1, 0.15) is 0 Å². The fourth-order valence-corrected chi connectivity index (χ4v) is 2.43. The summed E-state index contributed by atoms with van der Waals surface area (Å²) in [6, 6.07) is 4.37. The number of nitrogens with one attached hydrogen (secondary N) is 2. The van der Waals surface area contributed by atoms with Crippen LogP contribution in [-0.2, 0) is 14.8 Å². The normalized spacial score (nSPS) is 13.2. The zero-order valence-corrected chi connectivity index (χ0v) is 13.6. The minimum absolute atomic E-state index is 0.110. The van der Waals surface area contributed by atoms with Crippen LogP contribution >= 0.6 is 0 Å². The van der Waals surface area contributed by atoms with Gasteiger partial charge in [0.2, 0.25) is 15.9 Å². The minimum atomic E-state index is -3.54. The Morgan fingerprint density at radius 2 is 1.95 bits per heavy atom. The topological polar surface area (TPSA) is 101 Å². The number of benzene rings is 1. The number of aryl methyl sites for hydroxylation is 1. The molecule has 0 aromatic heterocycles. The quantitative estimate of drug-likeness (QED) is 0.735. The van der Waals surface area contributed by atoms with Crippen molar-refractivity contribution < 1.29 is 13.2 Å². The van der Waals surface area contributed by atoms with Gasteiger partial charge in [-0.2, -0.15) is 0 Å². The molecule has 0 heterocycles.